The van der Waals surface area contributed by atoms with Gasteiger partial charge in [-0.2, -0.15) is 0 Å². The molecule has 0 saturated carbocycles. The highest BCUT2D eigenvalue weighted by molar-refractivity contribution is 7.03. The Kier molecular flexibility index (Phi) is 8.52. The van der Waals surface area contributed by atoms with Crippen LogP contribution in [0.5, 0.6) is 0 Å². The van der Waals surface area contributed by atoms with Crippen LogP contribution in [-0.2, 0) is 24.9 Å². The predicted octanol–water partition coefficient (Wildman–Crippen LogP) is 16.3. The molecule has 0 amide bonds. The van der Waals surface area contributed by atoms with Crippen LogP contribution >= 0.6 is 0 Å². The fraction of sp³-hybridized carbons (Fsp3) is 0.147. The van der Waals surface area contributed by atoms with Gasteiger partial charge in [0.2, 0.25) is 0 Å². The van der Waals surface area contributed by atoms with Crippen LogP contribution in [0.15, 0.2) is 188 Å². The van der Waals surface area contributed by atoms with Crippen molar-refractivity contribution in [2.75, 3.05) is 9.80 Å². The van der Waals surface area contributed by atoms with Gasteiger partial charge in [0, 0.05) is 47.3 Å². The summed E-state index contributed by atoms with van der Waals surface area (Å²) in [6.07, 6.45) is 0. The summed E-state index contributed by atoms with van der Waals surface area (Å²) < 4.78 is 5.02. The Hall–Kier alpha value is -8.28. The maximum absolute atomic E-state index is 2.66. The average molecular weight is 939 g/mol. The number of aromatic nitrogens is 2. The number of anilines is 6. The maximum Gasteiger partial charge on any atom is 0.257 e. The van der Waals surface area contributed by atoms with Gasteiger partial charge in [-0.1, -0.05) is 181 Å². The van der Waals surface area contributed by atoms with Crippen molar-refractivity contribution in [2.45, 2.75) is 52.4 Å². The Bertz CT molecular complexity index is 4200. The fourth-order valence-corrected chi connectivity index (χ4v) is 13.6. The number of aryl methyl sites for hydroxylation is 2. The van der Waals surface area contributed by atoms with E-state index < -0.39 is 0 Å². The van der Waals surface area contributed by atoms with Crippen LogP contribution in [0.2, 0.25) is 0 Å². The van der Waals surface area contributed by atoms with E-state index in [1.54, 1.807) is 0 Å². The molecule has 73 heavy (non-hydrogen) atoms. The molecule has 0 fully saturated rings. The van der Waals surface area contributed by atoms with Gasteiger partial charge in [-0.3, -0.25) is 9.80 Å². The third kappa shape index (κ3) is 5.63. The van der Waals surface area contributed by atoms with E-state index in [9.17, 15) is 0 Å². The van der Waals surface area contributed by atoms with Crippen molar-refractivity contribution in [3.63, 3.8) is 0 Å². The lowest BCUT2D eigenvalue weighted by atomic mass is 9.33. The second kappa shape index (κ2) is 14.7. The molecule has 15 rings (SSSR count). The quantitative estimate of drug-likeness (QED) is 0.127. The standard InChI is InChI=1S/C68H55BN4/c1-67(2,3)40-34-36-54-52(38-40)62-65(70(54)7)72(56-30-17-28-50-46-22-11-9-20-42(46)44-24-13-15-26-48(44)60(50)56)58-32-19-33-59-64(58)69(62)63-53-39-41(68(4,5)6)35-37-55(53)71(8)66(63)73(59)57-31-18-29-51-47-23-12-10-21-43(47)45-25-14-16-27-49(45)61(51)57/h9-39H,1-8H3. The predicted molar refractivity (Wildman–Crippen MR) is 316 cm³/mol. The minimum atomic E-state index is -0.0957. The average Bonchev–Trinajstić information content (AvgIpc) is 3.87. The normalized spacial score (nSPS) is 13.7. The largest absolute Gasteiger partial charge is 0.330 e. The topological polar surface area (TPSA) is 16.3 Å². The first-order valence-corrected chi connectivity index (χ1v) is 26.0. The van der Waals surface area contributed by atoms with Gasteiger partial charge >= 0.3 is 0 Å². The molecule has 0 aliphatic carbocycles. The molecule has 4 heterocycles. The minimum Gasteiger partial charge on any atom is -0.330 e. The first-order valence-electron chi connectivity index (χ1n) is 26.0. The van der Waals surface area contributed by atoms with Crippen molar-refractivity contribution in [2.24, 2.45) is 14.1 Å². The molecule has 350 valence electrons. The highest BCUT2D eigenvalue weighted by Crippen LogP contribution is 2.52. The summed E-state index contributed by atoms with van der Waals surface area (Å²) in [5, 5.41) is 17.8. The molecule has 0 bridgehead atoms. The Morgan fingerprint density at radius 1 is 0.301 bits per heavy atom. The van der Waals surface area contributed by atoms with Crippen molar-refractivity contribution in [1.82, 2.24) is 9.13 Å². The molecule has 13 aromatic rings. The van der Waals surface area contributed by atoms with E-state index in [1.807, 2.05) is 0 Å². The summed E-state index contributed by atoms with van der Waals surface area (Å²) in [5.74, 6) is 2.43. The Morgan fingerprint density at radius 3 is 0.959 bits per heavy atom. The summed E-state index contributed by atoms with van der Waals surface area (Å²) in [6, 6.07) is 71.8. The van der Waals surface area contributed by atoms with Gasteiger partial charge in [-0.15, -0.1) is 0 Å². The van der Waals surface area contributed by atoms with Gasteiger partial charge in [0.05, 0.1) is 11.4 Å². The van der Waals surface area contributed by atoms with E-state index in [0.29, 0.717) is 0 Å². The molecule has 11 aromatic carbocycles. The Morgan fingerprint density at radius 2 is 0.603 bits per heavy atom. The van der Waals surface area contributed by atoms with Gasteiger partial charge in [-0.25, -0.2) is 0 Å². The molecule has 0 unspecified atom stereocenters. The SMILES string of the molecule is Cn1c2c(c3cc(C(C)(C)C)ccc31)B1c3c(cccc3N(c3cccc4c5ccccc5c5ccccc5c34)c3c1c1cc(C(C)(C)C)ccc1n3C)N2c1cccc2c3ccccc3c3ccccc3c12. The zero-order valence-corrected chi connectivity index (χ0v) is 42.8. The lowest BCUT2D eigenvalue weighted by Crippen LogP contribution is -2.61. The zero-order valence-electron chi connectivity index (χ0n) is 42.8. The molecule has 2 aliphatic heterocycles. The smallest absolute Gasteiger partial charge is 0.257 e. The van der Waals surface area contributed by atoms with E-state index in [2.05, 4.69) is 263 Å². The van der Waals surface area contributed by atoms with E-state index in [1.165, 1.54) is 148 Å². The van der Waals surface area contributed by atoms with Crippen LogP contribution in [0.1, 0.15) is 52.7 Å². The lowest BCUT2D eigenvalue weighted by molar-refractivity contribution is 0.591. The summed E-state index contributed by atoms with van der Waals surface area (Å²) in [6.45, 7) is 14.0. The highest BCUT2D eigenvalue weighted by Gasteiger charge is 2.48. The fourth-order valence-electron chi connectivity index (χ4n) is 13.6. The Balaban J connectivity index is 1.15. The minimum absolute atomic E-state index is 0.0547. The molecule has 0 radical (unpaired) electrons. The van der Waals surface area contributed by atoms with Crippen LogP contribution in [0.3, 0.4) is 0 Å². The summed E-state index contributed by atoms with van der Waals surface area (Å²) >= 11 is 0. The Labute approximate surface area is 426 Å². The van der Waals surface area contributed by atoms with Gasteiger partial charge in [0.15, 0.2) is 0 Å². The highest BCUT2D eigenvalue weighted by atomic mass is 15.3. The van der Waals surface area contributed by atoms with Crippen LogP contribution in [-0.4, -0.2) is 15.8 Å². The van der Waals surface area contributed by atoms with Crippen molar-refractivity contribution in [3.05, 3.63) is 199 Å². The molecule has 0 spiro atoms. The van der Waals surface area contributed by atoms with E-state index in [4.69, 9.17) is 0 Å². The maximum atomic E-state index is 2.66. The van der Waals surface area contributed by atoms with Gasteiger partial charge in [0.1, 0.15) is 11.6 Å². The molecular weight excluding hydrogens is 884 g/mol. The van der Waals surface area contributed by atoms with Crippen molar-refractivity contribution >= 4 is 144 Å². The zero-order chi connectivity index (χ0) is 49.4. The molecule has 0 atom stereocenters. The van der Waals surface area contributed by atoms with E-state index in [0.717, 1.165) is 0 Å². The van der Waals surface area contributed by atoms with Gasteiger partial charge < -0.3 is 9.13 Å². The van der Waals surface area contributed by atoms with Crippen LogP contribution in [0.25, 0.3) is 86.4 Å². The van der Waals surface area contributed by atoms with Crippen molar-refractivity contribution in [1.29, 1.82) is 0 Å². The first kappa shape index (κ1) is 42.4. The summed E-state index contributed by atoms with van der Waals surface area (Å²) in [4.78, 5) is 5.32. The molecule has 2 aromatic heterocycles. The summed E-state index contributed by atoms with van der Waals surface area (Å²) in [5.41, 5.74) is 13.8. The lowest BCUT2D eigenvalue weighted by Gasteiger charge is -2.43. The number of nitrogens with zero attached hydrogens (tertiary/aromatic N) is 4. The number of hydrogen-bond donors (Lipinski definition) is 0. The molecule has 2 aliphatic rings. The van der Waals surface area contributed by atoms with E-state index in [-0.39, 0.29) is 17.5 Å². The van der Waals surface area contributed by atoms with Crippen LogP contribution in [0, 0.1) is 0 Å². The van der Waals surface area contributed by atoms with Gasteiger partial charge in [-0.05, 0) is 152 Å². The molecule has 5 heteroatoms. The van der Waals surface area contributed by atoms with Crippen LogP contribution in [0.4, 0.5) is 34.4 Å². The van der Waals surface area contributed by atoms with Gasteiger partial charge in [0.25, 0.3) is 6.71 Å². The second-order valence-electron chi connectivity index (χ2n) is 23.0. The first-order chi connectivity index (χ1) is 35.4. The second-order valence-corrected chi connectivity index (χ2v) is 23.0. The van der Waals surface area contributed by atoms with E-state index >= 15 is 0 Å². The molecule has 0 saturated heterocycles. The van der Waals surface area contributed by atoms with Crippen molar-refractivity contribution in [3.8, 4) is 0 Å². The third-order valence-corrected chi connectivity index (χ3v) is 17.0. The van der Waals surface area contributed by atoms with Crippen LogP contribution < -0.4 is 26.2 Å². The monoisotopic (exact) mass is 938 g/mol. The molecule has 0 N–H and O–H groups in total. The number of hydrogen-bond acceptors (Lipinski definition) is 2. The third-order valence-electron chi connectivity index (χ3n) is 17.0. The molecule has 4 nitrogen and oxygen atoms in total. The summed E-state index contributed by atoms with van der Waals surface area (Å²) in [7, 11) is 4.61. The number of rotatable bonds is 2. The number of benzene rings is 11. The molecular formula is C68H55BN4. The number of fused-ring (bicyclic) bond motifs is 20. The van der Waals surface area contributed by atoms with Crippen molar-refractivity contribution < 1.29 is 0 Å².